The fourth-order valence-corrected chi connectivity index (χ4v) is 2.77. The zero-order chi connectivity index (χ0) is 12.8. The smallest absolute Gasteiger partial charge is 0.0705 e. The van der Waals surface area contributed by atoms with E-state index in [2.05, 4.69) is 28.7 Å². The number of nitrogens with one attached hydrogen (secondary N) is 2. The summed E-state index contributed by atoms with van der Waals surface area (Å²) in [5.41, 5.74) is 2.20. The third-order valence-corrected chi connectivity index (χ3v) is 4.10. The van der Waals surface area contributed by atoms with Crippen LogP contribution < -0.4 is 5.32 Å². The molecule has 0 aliphatic rings. The molecule has 0 fully saturated rings. The summed E-state index contributed by atoms with van der Waals surface area (Å²) >= 11 is 8.25. The number of hydrogen-bond acceptors (Lipinski definition) is 2. The van der Waals surface area contributed by atoms with Crippen molar-refractivity contribution in [2.75, 3.05) is 18.6 Å². The van der Waals surface area contributed by atoms with Gasteiger partial charge in [-0.05, 0) is 37.5 Å². The molecule has 98 valence electrons. The summed E-state index contributed by atoms with van der Waals surface area (Å²) < 4.78 is 0. The van der Waals surface area contributed by atoms with Crippen molar-refractivity contribution in [3.8, 4) is 0 Å². The molecule has 0 aliphatic carbocycles. The van der Waals surface area contributed by atoms with Gasteiger partial charge in [-0.2, -0.15) is 11.8 Å². The van der Waals surface area contributed by atoms with Crippen molar-refractivity contribution >= 4 is 34.3 Å². The standard InChI is InChI=1S/C14H19ClN2S/c1-18-9-5-4-8-16-10-13-14(15)11-6-2-3-7-12(11)17-13/h2-3,6-7,16-17H,4-5,8-10H2,1H3. The predicted molar refractivity (Wildman–Crippen MR) is 82.6 cm³/mol. The molecule has 2 rings (SSSR count). The molecule has 0 saturated heterocycles. The highest BCUT2D eigenvalue weighted by Gasteiger charge is 2.07. The molecule has 0 bridgehead atoms. The van der Waals surface area contributed by atoms with E-state index in [1.165, 1.54) is 18.6 Å². The second-order valence-electron chi connectivity index (χ2n) is 4.34. The second kappa shape index (κ2) is 7.07. The van der Waals surface area contributed by atoms with Crippen LogP contribution in [0.4, 0.5) is 0 Å². The Morgan fingerprint density at radius 2 is 2.11 bits per heavy atom. The van der Waals surface area contributed by atoms with E-state index in [1.54, 1.807) is 0 Å². The molecule has 0 radical (unpaired) electrons. The predicted octanol–water partition coefficient (Wildman–Crippen LogP) is 4.05. The van der Waals surface area contributed by atoms with Gasteiger partial charge >= 0.3 is 0 Å². The fraction of sp³-hybridized carbons (Fsp3) is 0.429. The van der Waals surface area contributed by atoms with Gasteiger partial charge in [0.15, 0.2) is 0 Å². The molecule has 0 spiro atoms. The van der Waals surface area contributed by atoms with Crippen molar-refractivity contribution in [3.63, 3.8) is 0 Å². The van der Waals surface area contributed by atoms with Crippen molar-refractivity contribution in [1.29, 1.82) is 0 Å². The summed E-state index contributed by atoms with van der Waals surface area (Å²) in [5, 5.41) is 5.40. The molecule has 2 N–H and O–H groups in total. The third-order valence-electron chi connectivity index (χ3n) is 2.97. The summed E-state index contributed by atoms with van der Waals surface area (Å²) in [6, 6.07) is 8.15. The molecule has 2 nitrogen and oxygen atoms in total. The van der Waals surface area contributed by atoms with Gasteiger partial charge in [-0.15, -0.1) is 0 Å². The fourth-order valence-electron chi connectivity index (χ4n) is 2.00. The van der Waals surface area contributed by atoms with Gasteiger partial charge in [0.25, 0.3) is 0 Å². The average Bonchev–Trinajstić information content (AvgIpc) is 2.71. The highest BCUT2D eigenvalue weighted by molar-refractivity contribution is 7.98. The minimum Gasteiger partial charge on any atom is -0.356 e. The van der Waals surface area contributed by atoms with Crippen LogP contribution in [0.1, 0.15) is 18.5 Å². The Morgan fingerprint density at radius 3 is 2.89 bits per heavy atom. The number of fused-ring (bicyclic) bond motifs is 1. The van der Waals surface area contributed by atoms with Crippen LogP contribution in [-0.4, -0.2) is 23.5 Å². The maximum atomic E-state index is 6.35. The van der Waals surface area contributed by atoms with Gasteiger partial charge in [0.05, 0.1) is 5.02 Å². The summed E-state index contributed by atoms with van der Waals surface area (Å²) in [6.07, 6.45) is 4.64. The van der Waals surface area contributed by atoms with Crippen molar-refractivity contribution in [1.82, 2.24) is 10.3 Å². The van der Waals surface area contributed by atoms with Gasteiger partial charge in [-0.1, -0.05) is 29.8 Å². The first kappa shape index (κ1) is 13.8. The normalized spacial score (nSPS) is 11.2. The van der Waals surface area contributed by atoms with Crippen LogP contribution >= 0.6 is 23.4 Å². The van der Waals surface area contributed by atoms with Gasteiger partial charge in [-0.3, -0.25) is 0 Å². The summed E-state index contributed by atoms with van der Waals surface area (Å²) in [5.74, 6) is 1.24. The maximum absolute atomic E-state index is 6.35. The number of aromatic nitrogens is 1. The van der Waals surface area contributed by atoms with Crippen LogP contribution in [0, 0.1) is 0 Å². The summed E-state index contributed by atoms with van der Waals surface area (Å²) in [4.78, 5) is 3.37. The highest BCUT2D eigenvalue weighted by atomic mass is 35.5. The molecule has 1 heterocycles. The van der Waals surface area contributed by atoms with Crippen LogP contribution in [0.15, 0.2) is 24.3 Å². The van der Waals surface area contributed by atoms with Gasteiger partial charge in [0.1, 0.15) is 0 Å². The largest absolute Gasteiger partial charge is 0.356 e. The summed E-state index contributed by atoms with van der Waals surface area (Å²) in [7, 11) is 0. The topological polar surface area (TPSA) is 27.8 Å². The number of halogens is 1. The molecule has 0 amide bonds. The van der Waals surface area contributed by atoms with E-state index >= 15 is 0 Å². The molecule has 0 aliphatic heterocycles. The SMILES string of the molecule is CSCCCCNCc1[nH]c2ccccc2c1Cl. The molecule has 1 aromatic carbocycles. The van der Waals surface area contributed by atoms with E-state index in [0.29, 0.717) is 0 Å². The zero-order valence-corrected chi connectivity index (χ0v) is 12.2. The Hall–Kier alpha value is -0.640. The molecule has 0 saturated carbocycles. The third kappa shape index (κ3) is 3.44. The van der Waals surface area contributed by atoms with Gasteiger partial charge in [-0.25, -0.2) is 0 Å². The molecule has 2 aromatic rings. The van der Waals surface area contributed by atoms with Gasteiger partial charge in [0, 0.05) is 23.1 Å². The lowest BCUT2D eigenvalue weighted by Crippen LogP contribution is -2.15. The van der Waals surface area contributed by atoms with E-state index in [4.69, 9.17) is 11.6 Å². The lowest BCUT2D eigenvalue weighted by Gasteiger charge is -2.03. The number of para-hydroxylation sites is 1. The Labute approximate surface area is 117 Å². The number of benzene rings is 1. The first-order chi connectivity index (χ1) is 8.83. The number of rotatable bonds is 7. The van der Waals surface area contributed by atoms with Crippen molar-refractivity contribution in [2.45, 2.75) is 19.4 Å². The number of H-pyrrole nitrogens is 1. The van der Waals surface area contributed by atoms with Crippen molar-refractivity contribution in [2.24, 2.45) is 0 Å². The average molecular weight is 283 g/mol. The molecular formula is C14H19ClN2S. The van der Waals surface area contributed by atoms with Crippen LogP contribution in [0.2, 0.25) is 5.02 Å². The second-order valence-corrected chi connectivity index (χ2v) is 5.70. The molecule has 1 aromatic heterocycles. The Kier molecular flexibility index (Phi) is 5.42. The van der Waals surface area contributed by atoms with Crippen LogP contribution in [0.3, 0.4) is 0 Å². The Bertz CT molecular complexity index is 495. The monoisotopic (exact) mass is 282 g/mol. The molecule has 4 heteroatoms. The molecule has 0 unspecified atom stereocenters. The van der Waals surface area contributed by atoms with E-state index in [0.717, 1.165) is 34.7 Å². The Balaban J connectivity index is 1.86. The highest BCUT2D eigenvalue weighted by Crippen LogP contribution is 2.26. The molecular weight excluding hydrogens is 264 g/mol. The first-order valence-electron chi connectivity index (χ1n) is 6.27. The van der Waals surface area contributed by atoms with Crippen molar-refractivity contribution < 1.29 is 0 Å². The quantitative estimate of drug-likeness (QED) is 0.750. The number of hydrogen-bond donors (Lipinski definition) is 2. The minimum atomic E-state index is 0.812. The van der Waals surface area contributed by atoms with E-state index in [9.17, 15) is 0 Å². The van der Waals surface area contributed by atoms with Crippen LogP contribution in [0.25, 0.3) is 10.9 Å². The lowest BCUT2D eigenvalue weighted by molar-refractivity contribution is 0.638. The first-order valence-corrected chi connectivity index (χ1v) is 8.05. The van der Waals surface area contributed by atoms with E-state index in [-0.39, 0.29) is 0 Å². The van der Waals surface area contributed by atoms with Gasteiger partial charge < -0.3 is 10.3 Å². The summed E-state index contributed by atoms with van der Waals surface area (Å²) in [6.45, 7) is 1.86. The Morgan fingerprint density at radius 1 is 1.28 bits per heavy atom. The number of thioether (sulfide) groups is 1. The van der Waals surface area contributed by atoms with E-state index in [1.807, 2.05) is 23.9 Å². The lowest BCUT2D eigenvalue weighted by atomic mass is 10.2. The molecule has 0 atom stereocenters. The zero-order valence-electron chi connectivity index (χ0n) is 10.6. The van der Waals surface area contributed by atoms with Gasteiger partial charge in [0.2, 0.25) is 0 Å². The minimum absolute atomic E-state index is 0.812. The molecule has 18 heavy (non-hydrogen) atoms. The maximum Gasteiger partial charge on any atom is 0.0705 e. The van der Waals surface area contributed by atoms with Crippen LogP contribution in [0.5, 0.6) is 0 Å². The van der Waals surface area contributed by atoms with Crippen LogP contribution in [-0.2, 0) is 6.54 Å². The van der Waals surface area contributed by atoms with E-state index < -0.39 is 0 Å². The number of unbranched alkanes of at least 4 members (excludes halogenated alkanes) is 1. The van der Waals surface area contributed by atoms with Crippen molar-refractivity contribution in [3.05, 3.63) is 35.0 Å². The number of aromatic amines is 1.